The molecule has 0 aliphatic carbocycles. The molecule has 0 rings (SSSR count). The van der Waals surface area contributed by atoms with Crippen LogP contribution in [0.3, 0.4) is 0 Å². The maximum atomic E-state index is 5.55. The average Bonchev–Trinajstić information content (AvgIpc) is 1.85. The molecule has 4 N–H and O–H groups in total. The van der Waals surface area contributed by atoms with Crippen LogP contribution < -0.4 is 11.5 Å². The Hall–Kier alpha value is 0.0969. The molecule has 0 aromatic carbocycles. The molecule has 62 valence electrons. The van der Waals surface area contributed by atoms with Gasteiger partial charge < -0.3 is 15.9 Å². The zero-order chi connectivity index (χ0) is 8.20. The molecule has 0 heterocycles. The zero-order valence-electron chi connectivity index (χ0n) is 7.05. The van der Waals surface area contributed by atoms with Crippen molar-refractivity contribution < 1.29 is 4.43 Å². The molecule has 10 heavy (non-hydrogen) atoms. The van der Waals surface area contributed by atoms with Crippen molar-refractivity contribution in [1.29, 1.82) is 0 Å². The van der Waals surface area contributed by atoms with Crippen LogP contribution in [0.15, 0.2) is 0 Å². The lowest BCUT2D eigenvalue weighted by molar-refractivity contribution is 0.123. The van der Waals surface area contributed by atoms with E-state index in [0.29, 0.717) is 6.54 Å². The van der Waals surface area contributed by atoms with Gasteiger partial charge in [0.1, 0.15) is 0 Å². The Morgan fingerprint density at radius 1 is 1.60 bits per heavy atom. The molecule has 0 saturated carbocycles. The molecule has 4 heteroatoms. The zero-order valence-corrected chi connectivity index (χ0v) is 8.47. The Bertz CT molecular complexity index is 95.7. The fourth-order valence-electron chi connectivity index (χ4n) is 0.416. The molecule has 0 saturated heterocycles. The van der Waals surface area contributed by atoms with E-state index in [1.165, 1.54) is 0 Å². The highest BCUT2D eigenvalue weighted by Gasteiger charge is 2.15. The van der Waals surface area contributed by atoms with Gasteiger partial charge in [-0.05, 0) is 13.8 Å². The van der Waals surface area contributed by atoms with Crippen molar-refractivity contribution in [1.82, 2.24) is 0 Å². The van der Waals surface area contributed by atoms with Gasteiger partial charge in [-0.3, -0.25) is 0 Å². The summed E-state index contributed by atoms with van der Waals surface area (Å²) in [5.41, 5.74) is 11.1. The molecule has 1 unspecified atom stereocenters. The van der Waals surface area contributed by atoms with Gasteiger partial charge in [0, 0.05) is 12.2 Å². The Balaban J connectivity index is 3.46. The van der Waals surface area contributed by atoms with Crippen LogP contribution in [0.25, 0.3) is 0 Å². The number of hydrogen-bond acceptors (Lipinski definition) is 3. The van der Waals surface area contributed by atoms with Gasteiger partial charge in [0.2, 0.25) is 0 Å². The molecule has 0 bridgehead atoms. The van der Waals surface area contributed by atoms with Crippen molar-refractivity contribution in [2.75, 3.05) is 6.54 Å². The van der Waals surface area contributed by atoms with Crippen LogP contribution in [0, 0.1) is 0 Å². The molecule has 0 aliphatic rings. The summed E-state index contributed by atoms with van der Waals surface area (Å²) in [6, 6.07) is 0. The lowest BCUT2D eigenvalue weighted by Crippen LogP contribution is -2.39. The summed E-state index contributed by atoms with van der Waals surface area (Å²) in [7, 11) is -0.571. The fraction of sp³-hybridized carbons (Fsp3) is 1.00. The number of hydrogen-bond donors (Lipinski definition) is 2. The van der Waals surface area contributed by atoms with E-state index in [1.807, 2.05) is 20.8 Å². The summed E-state index contributed by atoms with van der Waals surface area (Å²) in [6.07, 6.45) is 0. The van der Waals surface area contributed by atoms with Crippen LogP contribution in [0.4, 0.5) is 0 Å². The molecule has 0 spiro atoms. The molecule has 0 fully saturated rings. The maximum Gasteiger partial charge on any atom is 0.178 e. The first-order valence-electron chi connectivity index (χ1n) is 3.57. The third-order valence-corrected chi connectivity index (χ3v) is 2.70. The minimum Gasteiger partial charge on any atom is -0.416 e. The van der Waals surface area contributed by atoms with Gasteiger partial charge in [-0.2, -0.15) is 0 Å². The first kappa shape index (κ1) is 10.1. The van der Waals surface area contributed by atoms with Crippen LogP contribution in [0.2, 0.25) is 0 Å². The van der Waals surface area contributed by atoms with Gasteiger partial charge in [-0.1, -0.05) is 6.92 Å². The van der Waals surface area contributed by atoms with E-state index in [-0.39, 0.29) is 11.3 Å². The smallest absolute Gasteiger partial charge is 0.178 e. The van der Waals surface area contributed by atoms with E-state index in [9.17, 15) is 0 Å². The van der Waals surface area contributed by atoms with Crippen molar-refractivity contribution in [3.8, 4) is 0 Å². The minimum atomic E-state index is -0.571. The highest BCUT2D eigenvalue weighted by Crippen LogP contribution is 2.04. The Kier molecular flexibility index (Phi) is 4.11. The first-order valence-corrected chi connectivity index (χ1v) is 4.97. The summed E-state index contributed by atoms with van der Waals surface area (Å²) in [5.74, 6) is 0. The fourth-order valence-corrected chi connectivity index (χ4v) is 1.25. The van der Waals surface area contributed by atoms with Crippen LogP contribution in [0.5, 0.6) is 0 Å². The number of rotatable bonds is 4. The molecule has 0 aliphatic heterocycles. The van der Waals surface area contributed by atoms with Gasteiger partial charge in [0.05, 0.1) is 5.60 Å². The predicted molar refractivity (Wildman–Crippen MR) is 46.4 cm³/mol. The van der Waals surface area contributed by atoms with E-state index in [4.69, 9.17) is 15.9 Å². The van der Waals surface area contributed by atoms with Crippen LogP contribution in [-0.2, 0) is 4.43 Å². The Morgan fingerprint density at radius 2 is 2.10 bits per heavy atom. The molecular weight excluding hydrogens is 144 g/mol. The normalized spacial score (nSPS) is 16.5. The summed E-state index contributed by atoms with van der Waals surface area (Å²) in [6.45, 7) is 6.51. The topological polar surface area (TPSA) is 61.3 Å². The van der Waals surface area contributed by atoms with Crippen molar-refractivity contribution in [3.05, 3.63) is 0 Å². The van der Waals surface area contributed by atoms with Gasteiger partial charge in [0.15, 0.2) is 9.76 Å². The highest BCUT2D eigenvalue weighted by atomic mass is 28.2. The largest absolute Gasteiger partial charge is 0.416 e. The van der Waals surface area contributed by atoms with Gasteiger partial charge >= 0.3 is 0 Å². The van der Waals surface area contributed by atoms with Crippen LogP contribution in [-0.4, -0.2) is 27.6 Å². The summed E-state index contributed by atoms with van der Waals surface area (Å²) < 4.78 is 5.53. The third kappa shape index (κ3) is 4.93. The van der Waals surface area contributed by atoms with Gasteiger partial charge in [-0.25, -0.2) is 0 Å². The minimum absolute atomic E-state index is 0.167. The molecular formula is C6H18N2OSi. The van der Waals surface area contributed by atoms with E-state index >= 15 is 0 Å². The second kappa shape index (κ2) is 4.08. The number of nitrogens with two attached hydrogens (primary N) is 2. The molecule has 0 aromatic heterocycles. The SMILES string of the molecule is CC(N)[SiH2]OC(C)(C)CN. The van der Waals surface area contributed by atoms with E-state index in [0.717, 1.165) is 0 Å². The Morgan fingerprint density at radius 3 is 2.40 bits per heavy atom. The molecule has 0 amide bonds. The maximum absolute atomic E-state index is 5.55. The standard InChI is InChI=1S/C6H18N2OSi/c1-5(8)10-9-6(2,3)4-7/h5H,4,7-8,10H2,1-3H3. The van der Waals surface area contributed by atoms with E-state index < -0.39 is 9.76 Å². The average molecular weight is 162 g/mol. The second-order valence-corrected chi connectivity index (χ2v) is 5.16. The molecule has 1 atom stereocenters. The summed E-state index contributed by atoms with van der Waals surface area (Å²) in [5, 5.41) is 0. The van der Waals surface area contributed by atoms with Crippen LogP contribution in [0.1, 0.15) is 20.8 Å². The van der Waals surface area contributed by atoms with Crippen molar-refractivity contribution in [2.45, 2.75) is 32.0 Å². The summed E-state index contributed by atoms with van der Waals surface area (Å²) in [4.78, 5) is 0. The third-order valence-electron chi connectivity index (χ3n) is 1.23. The molecule has 0 aromatic rings. The first-order chi connectivity index (χ1) is 4.48. The second-order valence-electron chi connectivity index (χ2n) is 3.25. The van der Waals surface area contributed by atoms with Gasteiger partial charge in [-0.15, -0.1) is 0 Å². The van der Waals surface area contributed by atoms with Crippen LogP contribution >= 0.6 is 0 Å². The highest BCUT2D eigenvalue weighted by molar-refractivity contribution is 6.29. The molecule has 3 nitrogen and oxygen atoms in total. The quantitative estimate of drug-likeness (QED) is 0.528. The van der Waals surface area contributed by atoms with Crippen molar-refractivity contribution in [2.24, 2.45) is 11.5 Å². The summed E-state index contributed by atoms with van der Waals surface area (Å²) >= 11 is 0. The lowest BCUT2D eigenvalue weighted by atomic mass is 10.1. The Labute approximate surface area is 65.1 Å². The van der Waals surface area contributed by atoms with Crippen molar-refractivity contribution in [3.63, 3.8) is 0 Å². The predicted octanol–water partition coefficient (Wildman–Crippen LogP) is -0.871. The molecule has 0 radical (unpaired) electrons. The van der Waals surface area contributed by atoms with Crippen molar-refractivity contribution >= 4 is 9.76 Å². The van der Waals surface area contributed by atoms with Gasteiger partial charge in [0.25, 0.3) is 0 Å². The lowest BCUT2D eigenvalue weighted by Gasteiger charge is -2.24. The van der Waals surface area contributed by atoms with E-state index in [1.54, 1.807) is 0 Å². The monoisotopic (exact) mass is 162 g/mol. The van der Waals surface area contributed by atoms with E-state index in [2.05, 4.69) is 0 Å².